The van der Waals surface area contributed by atoms with Crippen LogP contribution in [0.15, 0.2) is 42.5 Å². The Balaban J connectivity index is 1.42. The van der Waals surface area contributed by atoms with Gasteiger partial charge in [-0.25, -0.2) is 0 Å². The van der Waals surface area contributed by atoms with Crippen LogP contribution in [-0.4, -0.2) is 43.0 Å². The van der Waals surface area contributed by atoms with Crippen LogP contribution in [0.5, 0.6) is 17.2 Å². The van der Waals surface area contributed by atoms with E-state index in [4.69, 9.17) is 9.47 Å². The number of rotatable bonds is 5. The van der Waals surface area contributed by atoms with Gasteiger partial charge in [0.25, 0.3) is 0 Å². The molecule has 4 rings (SSSR count). The number of ether oxygens (including phenoxy) is 3. The Bertz CT molecular complexity index is 949. The number of hydrogen-bond donors (Lipinski definition) is 1. The molecule has 172 valence electrons. The lowest BCUT2D eigenvalue weighted by Crippen LogP contribution is -2.41. The predicted molar refractivity (Wildman–Crippen MR) is 112 cm³/mol. The lowest BCUT2D eigenvalue weighted by atomic mass is 10.0. The fraction of sp³-hybridized carbons (Fsp3) is 0.435. The molecule has 0 bridgehead atoms. The summed E-state index contributed by atoms with van der Waals surface area (Å²) in [6.45, 7) is 3.84. The zero-order valence-corrected chi connectivity index (χ0v) is 17.7. The Labute approximate surface area is 184 Å². The van der Waals surface area contributed by atoms with E-state index in [0.717, 1.165) is 42.9 Å². The number of amides is 1. The van der Waals surface area contributed by atoms with E-state index in [-0.39, 0.29) is 17.7 Å². The quantitative estimate of drug-likeness (QED) is 0.702. The van der Waals surface area contributed by atoms with Crippen molar-refractivity contribution in [3.05, 3.63) is 48.0 Å². The van der Waals surface area contributed by atoms with Gasteiger partial charge in [-0.05, 0) is 68.3 Å². The molecule has 2 aromatic carbocycles. The maximum atomic E-state index is 12.9. The summed E-state index contributed by atoms with van der Waals surface area (Å²) in [5.41, 5.74) is 1.47. The molecule has 2 atom stereocenters. The molecule has 0 aliphatic carbocycles. The Morgan fingerprint density at radius 3 is 2.53 bits per heavy atom. The van der Waals surface area contributed by atoms with Gasteiger partial charge in [0.15, 0.2) is 11.5 Å². The predicted octanol–water partition coefficient (Wildman–Crippen LogP) is 4.91. The van der Waals surface area contributed by atoms with Crippen molar-refractivity contribution in [1.82, 2.24) is 4.90 Å². The number of hydrogen-bond acceptors (Lipinski definition) is 5. The molecule has 6 nitrogen and oxygen atoms in total. The third kappa shape index (κ3) is 5.27. The Morgan fingerprint density at radius 1 is 1.09 bits per heavy atom. The number of halogens is 3. The average Bonchev–Trinajstić information content (AvgIpc) is 3.12. The third-order valence-electron chi connectivity index (χ3n) is 5.68. The van der Waals surface area contributed by atoms with Gasteiger partial charge in [-0.1, -0.05) is 6.07 Å². The highest BCUT2D eigenvalue weighted by Crippen LogP contribution is 2.39. The standard InChI is InChI=1S/C23H25F3N2O4/c1-15(22(29)27-17-6-8-18(9-7-17)32-23(24,25)26)28-11-2-4-19(28)16-5-10-20-21(14-16)31-13-3-12-30-20/h5-10,14-15,19H,2-4,11-13H2,1H3,(H,27,29). The van der Waals surface area contributed by atoms with Crippen LogP contribution in [0.25, 0.3) is 0 Å². The normalized spacial score (nSPS) is 19.8. The molecule has 0 aromatic heterocycles. The molecule has 2 heterocycles. The first kappa shape index (κ1) is 22.3. The molecule has 32 heavy (non-hydrogen) atoms. The second-order valence-electron chi connectivity index (χ2n) is 7.89. The van der Waals surface area contributed by atoms with E-state index in [2.05, 4.69) is 15.0 Å². The summed E-state index contributed by atoms with van der Waals surface area (Å²) < 4.78 is 52.3. The Hall–Kier alpha value is -2.94. The van der Waals surface area contributed by atoms with Crippen molar-refractivity contribution in [2.75, 3.05) is 25.1 Å². The van der Waals surface area contributed by atoms with Gasteiger partial charge < -0.3 is 19.5 Å². The van der Waals surface area contributed by atoms with Crippen molar-refractivity contribution in [2.45, 2.75) is 44.6 Å². The Morgan fingerprint density at radius 2 is 1.81 bits per heavy atom. The second-order valence-corrected chi connectivity index (χ2v) is 7.89. The molecule has 0 saturated carbocycles. The van der Waals surface area contributed by atoms with Gasteiger partial charge in [-0.15, -0.1) is 13.2 Å². The molecule has 2 aliphatic heterocycles. The zero-order chi connectivity index (χ0) is 22.7. The van der Waals surface area contributed by atoms with Gasteiger partial charge >= 0.3 is 6.36 Å². The average molecular weight is 450 g/mol. The smallest absolute Gasteiger partial charge is 0.490 e. The molecule has 2 unspecified atom stereocenters. The molecule has 2 aliphatic rings. The van der Waals surface area contributed by atoms with Crippen molar-refractivity contribution in [2.24, 2.45) is 0 Å². The van der Waals surface area contributed by atoms with E-state index in [1.807, 2.05) is 25.1 Å². The highest BCUT2D eigenvalue weighted by molar-refractivity contribution is 5.94. The number of carbonyl (C=O) groups excluding carboxylic acids is 1. The SMILES string of the molecule is CC(C(=O)Nc1ccc(OC(F)(F)F)cc1)N1CCCC1c1ccc2c(c1)OCCCO2. The molecular weight excluding hydrogens is 425 g/mol. The molecule has 2 aromatic rings. The number of fused-ring (bicyclic) bond motifs is 1. The summed E-state index contributed by atoms with van der Waals surface area (Å²) in [6.07, 6.45) is -2.04. The molecule has 1 fully saturated rings. The van der Waals surface area contributed by atoms with Gasteiger partial charge in [0.2, 0.25) is 5.91 Å². The van der Waals surface area contributed by atoms with Crippen LogP contribution < -0.4 is 19.5 Å². The van der Waals surface area contributed by atoms with Crippen LogP contribution in [0.3, 0.4) is 0 Å². The fourth-order valence-electron chi connectivity index (χ4n) is 4.13. The Kier molecular flexibility index (Phi) is 6.45. The van der Waals surface area contributed by atoms with E-state index in [1.54, 1.807) is 0 Å². The second kappa shape index (κ2) is 9.28. The van der Waals surface area contributed by atoms with Crippen LogP contribution in [0.4, 0.5) is 18.9 Å². The lowest BCUT2D eigenvalue weighted by Gasteiger charge is -2.30. The maximum absolute atomic E-state index is 12.9. The number of likely N-dealkylation sites (tertiary alicyclic amines) is 1. The van der Waals surface area contributed by atoms with E-state index in [9.17, 15) is 18.0 Å². The maximum Gasteiger partial charge on any atom is 0.573 e. The van der Waals surface area contributed by atoms with E-state index in [1.165, 1.54) is 24.3 Å². The first-order valence-corrected chi connectivity index (χ1v) is 10.6. The number of nitrogens with one attached hydrogen (secondary N) is 1. The first-order valence-electron chi connectivity index (χ1n) is 10.6. The minimum atomic E-state index is -4.75. The van der Waals surface area contributed by atoms with Crippen molar-refractivity contribution in [1.29, 1.82) is 0 Å². The monoisotopic (exact) mass is 450 g/mol. The number of benzene rings is 2. The summed E-state index contributed by atoms with van der Waals surface area (Å²) in [4.78, 5) is 15.0. The third-order valence-corrected chi connectivity index (χ3v) is 5.68. The molecule has 1 saturated heterocycles. The van der Waals surface area contributed by atoms with Crippen LogP contribution in [0, 0.1) is 0 Å². The minimum Gasteiger partial charge on any atom is -0.490 e. The number of nitrogens with zero attached hydrogens (tertiary/aromatic N) is 1. The van der Waals surface area contributed by atoms with E-state index in [0.29, 0.717) is 18.9 Å². The van der Waals surface area contributed by atoms with Crippen LogP contribution >= 0.6 is 0 Å². The van der Waals surface area contributed by atoms with E-state index >= 15 is 0 Å². The van der Waals surface area contributed by atoms with Crippen LogP contribution in [-0.2, 0) is 4.79 Å². The fourth-order valence-corrected chi connectivity index (χ4v) is 4.13. The first-order chi connectivity index (χ1) is 15.3. The van der Waals surface area contributed by atoms with Crippen molar-refractivity contribution < 1.29 is 32.2 Å². The summed E-state index contributed by atoms with van der Waals surface area (Å²) in [7, 11) is 0. The summed E-state index contributed by atoms with van der Waals surface area (Å²) in [6, 6.07) is 10.7. The van der Waals surface area contributed by atoms with Crippen molar-refractivity contribution in [3.8, 4) is 17.2 Å². The minimum absolute atomic E-state index is 0.0652. The van der Waals surface area contributed by atoms with Crippen molar-refractivity contribution >= 4 is 11.6 Å². The van der Waals surface area contributed by atoms with Gasteiger partial charge in [0.1, 0.15) is 5.75 Å². The molecular formula is C23H25F3N2O4. The molecule has 9 heteroatoms. The number of carbonyl (C=O) groups is 1. The number of anilines is 1. The number of alkyl halides is 3. The highest BCUT2D eigenvalue weighted by Gasteiger charge is 2.34. The largest absolute Gasteiger partial charge is 0.573 e. The molecule has 0 radical (unpaired) electrons. The topological polar surface area (TPSA) is 60.0 Å². The van der Waals surface area contributed by atoms with Crippen molar-refractivity contribution in [3.63, 3.8) is 0 Å². The van der Waals surface area contributed by atoms with Crippen LogP contribution in [0.2, 0.25) is 0 Å². The van der Waals surface area contributed by atoms with Gasteiger partial charge in [0.05, 0.1) is 19.3 Å². The molecule has 1 N–H and O–H groups in total. The summed E-state index contributed by atoms with van der Waals surface area (Å²) >= 11 is 0. The van der Waals surface area contributed by atoms with Gasteiger partial charge in [-0.3, -0.25) is 9.69 Å². The van der Waals surface area contributed by atoms with Gasteiger partial charge in [0, 0.05) is 18.2 Å². The highest BCUT2D eigenvalue weighted by atomic mass is 19.4. The molecule has 1 amide bonds. The zero-order valence-electron chi connectivity index (χ0n) is 17.7. The summed E-state index contributed by atoms with van der Waals surface area (Å²) in [5, 5.41) is 2.78. The lowest BCUT2D eigenvalue weighted by molar-refractivity contribution is -0.274. The molecule has 0 spiro atoms. The van der Waals surface area contributed by atoms with Crippen LogP contribution in [0.1, 0.15) is 37.8 Å². The van der Waals surface area contributed by atoms with Gasteiger partial charge in [-0.2, -0.15) is 0 Å². The summed E-state index contributed by atoms with van der Waals surface area (Å²) in [5.74, 6) is 0.901. The van der Waals surface area contributed by atoms with E-state index < -0.39 is 12.4 Å².